The van der Waals surface area contributed by atoms with Crippen molar-refractivity contribution in [3.63, 3.8) is 0 Å². The van der Waals surface area contributed by atoms with Crippen LogP contribution < -0.4 is 10.6 Å². The van der Waals surface area contributed by atoms with Crippen molar-refractivity contribution in [1.82, 2.24) is 30.4 Å². The van der Waals surface area contributed by atoms with Gasteiger partial charge in [-0.1, -0.05) is 40.7 Å². The van der Waals surface area contributed by atoms with Gasteiger partial charge in [0.2, 0.25) is 22.1 Å². The Hall–Kier alpha value is -4.08. The predicted octanol–water partition coefficient (Wildman–Crippen LogP) is 4.40. The smallest absolute Gasteiger partial charge is 0.245 e. The van der Waals surface area contributed by atoms with Crippen LogP contribution in [0.3, 0.4) is 0 Å². The Morgan fingerprint density at radius 2 is 1.67 bits per heavy atom. The number of nitrogens with zero attached hydrogens (tertiary/aromatic N) is 6. The summed E-state index contributed by atoms with van der Waals surface area (Å²) in [5.74, 6) is 1.68. The Labute approximate surface area is 233 Å². The van der Waals surface area contributed by atoms with Crippen LogP contribution in [0.2, 0.25) is 0 Å². The van der Waals surface area contributed by atoms with Crippen LogP contribution in [0.25, 0.3) is 0 Å². The van der Waals surface area contributed by atoms with Gasteiger partial charge in [-0.3, -0.25) is 24.9 Å². The van der Waals surface area contributed by atoms with Gasteiger partial charge < -0.3 is 5.32 Å². The summed E-state index contributed by atoms with van der Waals surface area (Å²) in [6.07, 6.45) is 15.9. The molecule has 1 aliphatic rings. The van der Waals surface area contributed by atoms with E-state index >= 15 is 0 Å². The van der Waals surface area contributed by atoms with E-state index in [-0.39, 0.29) is 23.7 Å². The molecule has 2 N–H and O–H groups in total. The quantitative estimate of drug-likeness (QED) is 0.289. The monoisotopic (exact) mass is 558 g/mol. The molecule has 2 amide bonds. The zero-order valence-corrected chi connectivity index (χ0v) is 22.8. The molecule has 198 valence electrons. The van der Waals surface area contributed by atoms with Crippen molar-refractivity contribution >= 4 is 44.8 Å². The van der Waals surface area contributed by atoms with Gasteiger partial charge in [0.05, 0.1) is 5.92 Å². The van der Waals surface area contributed by atoms with Gasteiger partial charge in [0.25, 0.3) is 0 Å². The van der Waals surface area contributed by atoms with Crippen molar-refractivity contribution in [2.24, 2.45) is 5.92 Å². The van der Waals surface area contributed by atoms with Gasteiger partial charge in [0.1, 0.15) is 15.9 Å². The van der Waals surface area contributed by atoms with E-state index in [4.69, 9.17) is 6.42 Å². The molecule has 4 atom stereocenters. The van der Waals surface area contributed by atoms with E-state index in [9.17, 15) is 9.59 Å². The SMILES string of the molecule is C#C[C@H](C(=O)Nc1nnc(C[C@@H]2CC[C@H](c3nnc(NC(=O)[C@@H](C)c4cccnc4)s3)C2)s1)c1cccnc1. The average molecular weight is 559 g/mol. The van der Waals surface area contributed by atoms with E-state index in [1.165, 1.54) is 22.7 Å². The first-order chi connectivity index (χ1) is 19.0. The third-order valence-corrected chi connectivity index (χ3v) is 8.61. The number of hydrogen-bond acceptors (Lipinski definition) is 10. The van der Waals surface area contributed by atoms with Gasteiger partial charge in [-0.05, 0) is 55.4 Å². The van der Waals surface area contributed by atoms with E-state index in [1.807, 2.05) is 19.1 Å². The fourth-order valence-corrected chi connectivity index (χ4v) is 6.36. The van der Waals surface area contributed by atoms with E-state index in [0.717, 1.165) is 41.3 Å². The first kappa shape index (κ1) is 26.5. The zero-order valence-electron chi connectivity index (χ0n) is 21.2. The fourth-order valence-electron chi connectivity index (χ4n) is 4.61. The molecule has 4 heterocycles. The van der Waals surface area contributed by atoms with Gasteiger partial charge in [-0.15, -0.1) is 26.8 Å². The van der Waals surface area contributed by atoms with Gasteiger partial charge >= 0.3 is 0 Å². The van der Waals surface area contributed by atoms with E-state index in [2.05, 4.69) is 46.9 Å². The lowest BCUT2D eigenvalue weighted by atomic mass is 10.0. The molecule has 4 aromatic rings. The number of amides is 2. The summed E-state index contributed by atoms with van der Waals surface area (Å²) < 4.78 is 0. The number of carbonyl (C=O) groups excluding carboxylic acids is 2. The molecule has 5 rings (SSSR count). The van der Waals surface area contributed by atoms with Crippen molar-refractivity contribution in [3.8, 4) is 12.3 Å². The van der Waals surface area contributed by atoms with Crippen molar-refractivity contribution in [2.45, 2.75) is 50.4 Å². The maximum atomic E-state index is 12.7. The molecule has 4 aromatic heterocycles. The van der Waals surface area contributed by atoms with Crippen molar-refractivity contribution < 1.29 is 9.59 Å². The van der Waals surface area contributed by atoms with Crippen LogP contribution in [0.5, 0.6) is 0 Å². The van der Waals surface area contributed by atoms with Crippen LogP contribution in [-0.2, 0) is 16.0 Å². The van der Waals surface area contributed by atoms with E-state index in [1.54, 1.807) is 36.9 Å². The third kappa shape index (κ3) is 6.50. The van der Waals surface area contributed by atoms with Gasteiger partial charge in [0, 0.05) is 37.1 Å². The van der Waals surface area contributed by atoms with Crippen molar-refractivity contribution in [2.75, 3.05) is 10.6 Å². The normalized spacial score (nSPS) is 18.2. The molecule has 39 heavy (non-hydrogen) atoms. The van der Waals surface area contributed by atoms with Gasteiger partial charge in [0.15, 0.2) is 0 Å². The number of terminal acetylenes is 1. The molecular formula is C27H26N8O2S2. The molecule has 10 nitrogen and oxygen atoms in total. The lowest BCUT2D eigenvalue weighted by molar-refractivity contribution is -0.117. The number of pyridine rings is 2. The summed E-state index contributed by atoms with van der Waals surface area (Å²) >= 11 is 2.79. The number of carbonyl (C=O) groups is 2. The number of nitrogens with one attached hydrogen (secondary N) is 2. The zero-order chi connectivity index (χ0) is 27.2. The summed E-state index contributed by atoms with van der Waals surface area (Å²) in [7, 11) is 0. The minimum atomic E-state index is -0.748. The number of anilines is 2. The van der Waals surface area contributed by atoms with Crippen molar-refractivity contribution in [1.29, 1.82) is 0 Å². The summed E-state index contributed by atoms with van der Waals surface area (Å²) in [4.78, 5) is 33.5. The second kappa shape index (κ2) is 12.2. The third-order valence-electron chi connectivity index (χ3n) is 6.75. The fraction of sp³-hybridized carbons (Fsp3) is 0.333. The summed E-state index contributed by atoms with van der Waals surface area (Å²) in [5.41, 5.74) is 1.50. The van der Waals surface area contributed by atoms with Crippen LogP contribution in [0, 0.1) is 18.3 Å². The molecular weight excluding hydrogens is 532 g/mol. The molecule has 0 spiro atoms. The lowest BCUT2D eigenvalue weighted by Crippen LogP contribution is -2.20. The largest absolute Gasteiger partial charge is 0.300 e. The molecule has 0 unspecified atom stereocenters. The Morgan fingerprint density at radius 3 is 2.38 bits per heavy atom. The lowest BCUT2D eigenvalue weighted by Gasteiger charge is -2.10. The number of hydrogen-bond donors (Lipinski definition) is 2. The summed E-state index contributed by atoms with van der Waals surface area (Å²) in [6.45, 7) is 1.84. The summed E-state index contributed by atoms with van der Waals surface area (Å²) in [5, 5.41) is 25.4. The molecule has 0 saturated heterocycles. The van der Waals surface area contributed by atoms with Crippen molar-refractivity contribution in [3.05, 3.63) is 70.2 Å². The van der Waals surface area contributed by atoms with Crippen LogP contribution in [0.1, 0.15) is 65.1 Å². The molecule has 1 saturated carbocycles. The Bertz CT molecular complexity index is 1470. The minimum absolute atomic E-state index is 0.136. The summed E-state index contributed by atoms with van der Waals surface area (Å²) in [6, 6.07) is 7.22. The number of aromatic nitrogens is 6. The second-order valence-electron chi connectivity index (χ2n) is 9.40. The molecule has 12 heteroatoms. The number of rotatable bonds is 9. The second-order valence-corrected chi connectivity index (χ2v) is 11.5. The first-order valence-electron chi connectivity index (χ1n) is 12.5. The maximum Gasteiger partial charge on any atom is 0.245 e. The predicted molar refractivity (Wildman–Crippen MR) is 149 cm³/mol. The molecule has 1 fully saturated rings. The van der Waals surface area contributed by atoms with Gasteiger partial charge in [-0.2, -0.15) is 0 Å². The minimum Gasteiger partial charge on any atom is -0.300 e. The van der Waals surface area contributed by atoms with E-state index < -0.39 is 5.92 Å². The standard InChI is InChI=1S/C27H26N8O2S2/c1-3-21(20-7-5-11-29-15-20)24(37)31-26-34-32-22(38-26)13-17-8-9-18(12-17)25-33-35-27(39-25)30-23(36)16(2)19-6-4-10-28-14-19/h1,4-7,10-11,14-18,21H,8-9,12-13H2,2H3,(H,30,35,36)(H,31,34,37)/t16-,17+,18-,21-/m0/s1. The molecule has 0 aliphatic heterocycles. The van der Waals surface area contributed by atoms with Crippen LogP contribution in [0.15, 0.2) is 49.1 Å². The maximum absolute atomic E-state index is 12.7. The highest BCUT2D eigenvalue weighted by molar-refractivity contribution is 7.15. The Kier molecular flexibility index (Phi) is 8.29. The first-order valence-corrected chi connectivity index (χ1v) is 14.2. The topological polar surface area (TPSA) is 136 Å². The van der Waals surface area contributed by atoms with Crippen LogP contribution in [-0.4, -0.2) is 42.2 Å². The molecule has 0 aromatic carbocycles. The highest BCUT2D eigenvalue weighted by Crippen LogP contribution is 2.41. The Balaban J connectivity index is 1.12. The molecule has 0 radical (unpaired) electrons. The average Bonchev–Trinajstić information content (AvgIpc) is 3.72. The van der Waals surface area contributed by atoms with Crippen LogP contribution in [0.4, 0.5) is 10.3 Å². The highest BCUT2D eigenvalue weighted by Gasteiger charge is 2.30. The Morgan fingerprint density at radius 1 is 0.974 bits per heavy atom. The van der Waals surface area contributed by atoms with Gasteiger partial charge in [-0.25, -0.2) is 0 Å². The van der Waals surface area contributed by atoms with E-state index in [0.29, 0.717) is 21.7 Å². The molecule has 0 bridgehead atoms. The molecule has 1 aliphatic carbocycles. The van der Waals surface area contributed by atoms with Crippen LogP contribution >= 0.6 is 22.7 Å². The highest BCUT2D eigenvalue weighted by atomic mass is 32.1.